The quantitative estimate of drug-likeness (QED) is 0.704. The molecule has 1 unspecified atom stereocenters. The van der Waals surface area contributed by atoms with Crippen LogP contribution in [0.4, 0.5) is 0 Å². The molecule has 0 saturated heterocycles. The fraction of sp³-hybridized carbons (Fsp3) is 0.562. The Labute approximate surface area is 115 Å². The molecular formula is C16H24O3. The molecular weight excluding hydrogens is 240 g/mol. The molecule has 0 radical (unpaired) electrons. The Kier molecular flexibility index (Phi) is 6.03. The van der Waals surface area contributed by atoms with E-state index < -0.39 is 0 Å². The molecule has 1 rings (SSSR count). The van der Waals surface area contributed by atoms with Gasteiger partial charge in [-0.05, 0) is 26.3 Å². The highest BCUT2D eigenvalue weighted by molar-refractivity contribution is 5.69. The first-order valence-electron chi connectivity index (χ1n) is 6.80. The van der Waals surface area contributed by atoms with Crippen LogP contribution in [0.25, 0.3) is 0 Å². The highest BCUT2D eigenvalue weighted by atomic mass is 16.5. The Morgan fingerprint density at radius 3 is 2.47 bits per heavy atom. The lowest BCUT2D eigenvalue weighted by atomic mass is 10.0. The second-order valence-electron chi connectivity index (χ2n) is 5.39. The third-order valence-corrected chi connectivity index (χ3v) is 2.87. The van der Waals surface area contributed by atoms with Gasteiger partial charge in [-0.15, -0.1) is 0 Å². The summed E-state index contributed by atoms with van der Waals surface area (Å²) in [6, 6.07) is 10.1. The lowest BCUT2D eigenvalue weighted by Gasteiger charge is -2.28. The Morgan fingerprint density at radius 2 is 1.89 bits per heavy atom. The van der Waals surface area contributed by atoms with Crippen LogP contribution in [0.2, 0.25) is 0 Å². The number of hydrogen-bond acceptors (Lipinski definition) is 3. The third kappa shape index (κ3) is 6.39. The monoisotopic (exact) mass is 264 g/mol. The lowest BCUT2D eigenvalue weighted by Crippen LogP contribution is -2.31. The summed E-state index contributed by atoms with van der Waals surface area (Å²) in [5, 5.41) is 0. The summed E-state index contributed by atoms with van der Waals surface area (Å²) in [7, 11) is 0. The van der Waals surface area contributed by atoms with Crippen molar-refractivity contribution >= 4 is 5.97 Å². The van der Waals surface area contributed by atoms with Gasteiger partial charge >= 0.3 is 5.97 Å². The van der Waals surface area contributed by atoms with Gasteiger partial charge in [0, 0.05) is 12.8 Å². The summed E-state index contributed by atoms with van der Waals surface area (Å²) in [6.45, 7) is 8.31. The smallest absolute Gasteiger partial charge is 0.305 e. The van der Waals surface area contributed by atoms with Crippen molar-refractivity contribution in [2.45, 2.75) is 58.8 Å². The van der Waals surface area contributed by atoms with Crippen LogP contribution in [0, 0.1) is 0 Å². The van der Waals surface area contributed by atoms with Crippen LogP contribution in [-0.4, -0.2) is 17.7 Å². The minimum Gasteiger partial charge on any atom is -0.463 e. The van der Waals surface area contributed by atoms with Gasteiger partial charge in [0.05, 0.1) is 12.2 Å². The van der Waals surface area contributed by atoms with Gasteiger partial charge in [-0.2, -0.15) is 0 Å². The molecule has 0 aliphatic heterocycles. The molecule has 3 nitrogen and oxygen atoms in total. The first kappa shape index (κ1) is 15.7. The van der Waals surface area contributed by atoms with E-state index in [2.05, 4.69) is 0 Å². The predicted molar refractivity (Wildman–Crippen MR) is 75.8 cm³/mol. The molecule has 0 aliphatic rings. The van der Waals surface area contributed by atoms with Gasteiger partial charge in [0.1, 0.15) is 6.10 Å². The molecule has 106 valence electrons. The predicted octanol–water partition coefficient (Wildman–Crippen LogP) is 3.71. The second-order valence-corrected chi connectivity index (χ2v) is 5.39. The Balaban J connectivity index is 2.40. The number of esters is 1. The fourth-order valence-corrected chi connectivity index (χ4v) is 1.95. The van der Waals surface area contributed by atoms with Gasteiger partial charge in [-0.25, -0.2) is 0 Å². The average Bonchev–Trinajstić information content (AvgIpc) is 2.37. The zero-order valence-electron chi connectivity index (χ0n) is 12.3. The first-order chi connectivity index (χ1) is 8.93. The molecule has 0 spiro atoms. The van der Waals surface area contributed by atoms with Gasteiger partial charge in [-0.3, -0.25) is 4.79 Å². The van der Waals surface area contributed by atoms with Gasteiger partial charge in [-0.1, -0.05) is 37.3 Å². The minimum atomic E-state index is -0.316. The van der Waals surface area contributed by atoms with E-state index in [1.165, 1.54) is 0 Å². The summed E-state index contributed by atoms with van der Waals surface area (Å²) < 4.78 is 11.2. The van der Waals surface area contributed by atoms with E-state index in [4.69, 9.17) is 9.47 Å². The van der Waals surface area contributed by atoms with Crippen LogP contribution < -0.4 is 0 Å². The molecule has 1 aromatic rings. The number of rotatable bonds is 7. The van der Waals surface area contributed by atoms with Crippen LogP contribution in [0.15, 0.2) is 30.3 Å². The van der Waals surface area contributed by atoms with Crippen molar-refractivity contribution in [3.8, 4) is 0 Å². The van der Waals surface area contributed by atoms with Crippen LogP contribution in [0.1, 0.15) is 46.1 Å². The highest BCUT2D eigenvalue weighted by Crippen LogP contribution is 2.20. The molecule has 1 atom stereocenters. The number of carbonyl (C=O) groups excluding carboxylic acids is 1. The first-order valence-corrected chi connectivity index (χ1v) is 6.80. The topological polar surface area (TPSA) is 35.5 Å². The number of carbonyl (C=O) groups is 1. The molecule has 1 aromatic carbocycles. The molecule has 19 heavy (non-hydrogen) atoms. The van der Waals surface area contributed by atoms with E-state index in [9.17, 15) is 4.79 Å². The zero-order chi connectivity index (χ0) is 14.3. The van der Waals surface area contributed by atoms with E-state index in [1.807, 2.05) is 51.1 Å². The maximum Gasteiger partial charge on any atom is 0.305 e. The van der Waals surface area contributed by atoms with Crippen molar-refractivity contribution in [3.63, 3.8) is 0 Å². The maximum absolute atomic E-state index is 11.2. The molecule has 0 bridgehead atoms. The minimum absolute atomic E-state index is 0.127. The van der Waals surface area contributed by atoms with Crippen molar-refractivity contribution in [3.05, 3.63) is 35.9 Å². The SMILES string of the molecule is CCC(=O)OC(C)CC(C)(C)OCc1ccccc1. The summed E-state index contributed by atoms with van der Waals surface area (Å²) in [5.74, 6) is -0.161. The van der Waals surface area contributed by atoms with Crippen molar-refractivity contribution in [2.75, 3.05) is 0 Å². The number of ether oxygens (including phenoxy) is 2. The normalized spacial score (nSPS) is 13.1. The van der Waals surface area contributed by atoms with E-state index >= 15 is 0 Å². The second kappa shape index (κ2) is 7.29. The standard InChI is InChI=1S/C16H24O3/c1-5-15(17)19-13(2)11-16(3,4)18-12-14-9-7-6-8-10-14/h6-10,13H,5,11-12H2,1-4H3. The largest absolute Gasteiger partial charge is 0.463 e. The van der Waals surface area contributed by atoms with Crippen LogP contribution in [-0.2, 0) is 20.9 Å². The van der Waals surface area contributed by atoms with Gasteiger partial charge < -0.3 is 9.47 Å². The Bertz CT molecular complexity index is 384. The van der Waals surface area contributed by atoms with E-state index in [0.29, 0.717) is 19.4 Å². The van der Waals surface area contributed by atoms with E-state index in [-0.39, 0.29) is 17.7 Å². The lowest BCUT2D eigenvalue weighted by molar-refractivity contribution is -0.151. The van der Waals surface area contributed by atoms with E-state index in [0.717, 1.165) is 5.56 Å². The molecule has 0 amide bonds. The summed E-state index contributed by atoms with van der Waals surface area (Å²) in [4.78, 5) is 11.2. The summed E-state index contributed by atoms with van der Waals surface area (Å²) in [5.41, 5.74) is 0.831. The molecule has 0 N–H and O–H groups in total. The average molecular weight is 264 g/mol. The van der Waals surface area contributed by atoms with Crippen molar-refractivity contribution in [1.29, 1.82) is 0 Å². The van der Waals surface area contributed by atoms with Crippen LogP contribution in [0.5, 0.6) is 0 Å². The molecule has 0 heterocycles. The zero-order valence-corrected chi connectivity index (χ0v) is 12.3. The molecule has 0 fully saturated rings. The van der Waals surface area contributed by atoms with Crippen molar-refractivity contribution in [1.82, 2.24) is 0 Å². The van der Waals surface area contributed by atoms with Gasteiger partial charge in [0.25, 0.3) is 0 Å². The molecule has 0 saturated carbocycles. The molecule has 3 heteroatoms. The maximum atomic E-state index is 11.2. The molecule has 0 aromatic heterocycles. The van der Waals surface area contributed by atoms with Crippen molar-refractivity contribution < 1.29 is 14.3 Å². The third-order valence-electron chi connectivity index (χ3n) is 2.87. The highest BCUT2D eigenvalue weighted by Gasteiger charge is 2.23. The summed E-state index contributed by atoms with van der Waals surface area (Å²) in [6.07, 6.45) is 0.972. The fourth-order valence-electron chi connectivity index (χ4n) is 1.95. The molecule has 0 aliphatic carbocycles. The van der Waals surface area contributed by atoms with Gasteiger partial charge in [0.2, 0.25) is 0 Å². The van der Waals surface area contributed by atoms with Crippen LogP contribution >= 0.6 is 0 Å². The van der Waals surface area contributed by atoms with Crippen LogP contribution in [0.3, 0.4) is 0 Å². The Hall–Kier alpha value is -1.35. The Morgan fingerprint density at radius 1 is 1.26 bits per heavy atom. The number of hydrogen-bond donors (Lipinski definition) is 0. The summed E-state index contributed by atoms with van der Waals surface area (Å²) >= 11 is 0. The van der Waals surface area contributed by atoms with Crippen molar-refractivity contribution in [2.24, 2.45) is 0 Å². The van der Waals surface area contributed by atoms with E-state index in [1.54, 1.807) is 6.92 Å². The number of benzene rings is 1. The van der Waals surface area contributed by atoms with Gasteiger partial charge in [0.15, 0.2) is 0 Å².